The Balaban J connectivity index is 1.54. The topological polar surface area (TPSA) is 114 Å². The maximum Gasteiger partial charge on any atom is 0.319 e. The van der Waals surface area contributed by atoms with Gasteiger partial charge < -0.3 is 25.8 Å². The maximum absolute atomic E-state index is 16.2. The molecule has 2 fully saturated rings. The van der Waals surface area contributed by atoms with Crippen molar-refractivity contribution in [2.45, 2.75) is 24.9 Å². The van der Waals surface area contributed by atoms with E-state index in [-0.39, 0.29) is 17.3 Å². The van der Waals surface area contributed by atoms with Gasteiger partial charge in [0.25, 0.3) is 5.91 Å². The summed E-state index contributed by atoms with van der Waals surface area (Å²) < 4.78 is 21.6. The summed E-state index contributed by atoms with van der Waals surface area (Å²) in [5.74, 6) is -0.609. The van der Waals surface area contributed by atoms with E-state index in [2.05, 4.69) is 20.2 Å². The van der Waals surface area contributed by atoms with Crippen LogP contribution < -0.4 is 20.7 Å². The molecule has 4 N–H and O–H groups in total. The fourth-order valence-electron chi connectivity index (χ4n) is 5.26. The molecule has 0 unspecified atom stereocenters. The van der Waals surface area contributed by atoms with Crippen LogP contribution in [0.4, 0.5) is 10.2 Å². The largest absolute Gasteiger partial charge is 0.508 e. The number of hydrogen-bond acceptors (Lipinski definition) is 7. The number of amides is 1. The normalized spacial score (nSPS) is 19.4. The van der Waals surface area contributed by atoms with Crippen molar-refractivity contribution < 1.29 is 19.0 Å². The molecule has 0 saturated carbocycles. The SMILES string of the molecule is NC(=O)COc1nc(N2C[C@H]3CC[C@@H](C2)N3)c2ccc(-c3cc(O)cc4ccccc34)c(F)c2n1. The van der Waals surface area contributed by atoms with Crippen molar-refractivity contribution in [3.8, 4) is 22.9 Å². The van der Waals surface area contributed by atoms with Gasteiger partial charge >= 0.3 is 6.01 Å². The number of anilines is 1. The number of ether oxygens (including phenoxy) is 1. The molecule has 1 amide bonds. The summed E-state index contributed by atoms with van der Waals surface area (Å²) in [6.07, 6.45) is 2.16. The van der Waals surface area contributed by atoms with Gasteiger partial charge in [0.1, 0.15) is 17.1 Å². The Morgan fingerprint density at radius 1 is 1.09 bits per heavy atom. The highest BCUT2D eigenvalue weighted by Crippen LogP contribution is 2.38. The summed E-state index contributed by atoms with van der Waals surface area (Å²) in [5, 5.41) is 16.0. The second-order valence-corrected chi connectivity index (χ2v) is 9.17. The van der Waals surface area contributed by atoms with Crippen LogP contribution in [0.5, 0.6) is 11.8 Å². The Hall–Kier alpha value is -3.98. The van der Waals surface area contributed by atoms with Gasteiger partial charge in [-0.3, -0.25) is 4.79 Å². The molecule has 1 aromatic heterocycles. The third-order valence-corrected chi connectivity index (χ3v) is 6.76. The highest BCUT2D eigenvalue weighted by Gasteiger charge is 2.34. The quantitative estimate of drug-likeness (QED) is 0.408. The Bertz CT molecular complexity index is 1460. The third kappa shape index (κ3) is 3.87. The van der Waals surface area contributed by atoms with Crippen LogP contribution in [0.1, 0.15) is 12.8 Å². The first-order chi connectivity index (χ1) is 17.0. The minimum atomic E-state index is -0.670. The van der Waals surface area contributed by atoms with Gasteiger partial charge in [-0.1, -0.05) is 30.3 Å². The highest BCUT2D eigenvalue weighted by molar-refractivity contribution is 6.01. The van der Waals surface area contributed by atoms with Gasteiger partial charge in [0, 0.05) is 36.1 Å². The molecule has 2 bridgehead atoms. The lowest BCUT2D eigenvalue weighted by Crippen LogP contribution is -2.51. The number of rotatable bonds is 5. The van der Waals surface area contributed by atoms with E-state index in [1.54, 1.807) is 18.2 Å². The Labute approximate surface area is 200 Å². The van der Waals surface area contributed by atoms with Crippen LogP contribution in [-0.4, -0.2) is 52.8 Å². The number of fused-ring (bicyclic) bond motifs is 4. The Kier molecular flexibility index (Phi) is 5.14. The average Bonchev–Trinajstić information content (AvgIpc) is 3.19. The standard InChI is InChI=1S/C26H24FN5O3/c27-23-19(21-10-17(33)9-14-3-1-2-4-18(14)21)7-8-20-24(23)30-26(35-13-22(28)34)31-25(20)32-11-15-5-6-16(12-32)29-15/h1-4,7-10,15-16,29,33H,5-6,11-13H2,(H2,28,34)/t15-,16+. The number of aromatic hydroxyl groups is 1. The first-order valence-corrected chi connectivity index (χ1v) is 11.6. The molecule has 3 heterocycles. The number of primary amides is 1. The summed E-state index contributed by atoms with van der Waals surface area (Å²) in [5.41, 5.74) is 6.18. The molecule has 2 atom stereocenters. The molecule has 2 aliphatic rings. The van der Waals surface area contributed by atoms with Gasteiger partial charge in [0.15, 0.2) is 12.4 Å². The fourth-order valence-corrected chi connectivity index (χ4v) is 5.26. The zero-order valence-corrected chi connectivity index (χ0v) is 18.9. The molecule has 6 rings (SSSR count). The number of carbonyl (C=O) groups excluding carboxylic acids is 1. The zero-order valence-electron chi connectivity index (χ0n) is 18.9. The maximum atomic E-state index is 16.2. The minimum absolute atomic E-state index is 0.0448. The van der Waals surface area contributed by atoms with E-state index in [0.29, 0.717) is 34.4 Å². The predicted octanol–water partition coefficient (Wildman–Crippen LogP) is 3.10. The Morgan fingerprint density at radius 3 is 2.63 bits per heavy atom. The number of nitrogens with zero attached hydrogens (tertiary/aromatic N) is 3. The average molecular weight is 474 g/mol. The van der Waals surface area contributed by atoms with Crippen LogP contribution in [0.3, 0.4) is 0 Å². The lowest BCUT2D eigenvalue weighted by atomic mass is 9.96. The number of piperazine rings is 1. The van der Waals surface area contributed by atoms with E-state index < -0.39 is 18.3 Å². The number of aromatic nitrogens is 2. The number of phenols is 1. The van der Waals surface area contributed by atoms with E-state index in [1.807, 2.05) is 30.3 Å². The van der Waals surface area contributed by atoms with Crippen LogP contribution >= 0.6 is 0 Å². The molecule has 2 aliphatic heterocycles. The molecular weight excluding hydrogens is 449 g/mol. The van der Waals surface area contributed by atoms with Gasteiger partial charge in [0.05, 0.1) is 0 Å². The first-order valence-electron chi connectivity index (χ1n) is 11.6. The number of carbonyl (C=O) groups is 1. The summed E-state index contributed by atoms with van der Waals surface area (Å²) in [7, 11) is 0. The Morgan fingerprint density at radius 2 is 1.86 bits per heavy atom. The van der Waals surface area contributed by atoms with E-state index >= 15 is 4.39 Å². The van der Waals surface area contributed by atoms with Crippen molar-refractivity contribution >= 4 is 33.4 Å². The van der Waals surface area contributed by atoms with Crippen molar-refractivity contribution in [3.05, 3.63) is 54.3 Å². The van der Waals surface area contributed by atoms with Gasteiger partial charge in [-0.15, -0.1) is 0 Å². The summed E-state index contributed by atoms with van der Waals surface area (Å²) >= 11 is 0. The predicted molar refractivity (Wildman–Crippen MR) is 131 cm³/mol. The zero-order chi connectivity index (χ0) is 24.1. The third-order valence-electron chi connectivity index (χ3n) is 6.76. The molecule has 3 aromatic carbocycles. The summed E-state index contributed by atoms with van der Waals surface area (Å²) in [6.45, 7) is 1.06. The van der Waals surface area contributed by atoms with Gasteiger partial charge in [0.2, 0.25) is 0 Å². The molecule has 0 spiro atoms. The van der Waals surface area contributed by atoms with Gasteiger partial charge in [-0.25, -0.2) is 4.39 Å². The van der Waals surface area contributed by atoms with Crippen LogP contribution in [0, 0.1) is 5.82 Å². The number of halogens is 1. The molecule has 2 saturated heterocycles. The number of phenolic OH excluding ortho intramolecular Hbond substituents is 1. The van der Waals surface area contributed by atoms with Crippen LogP contribution in [-0.2, 0) is 4.79 Å². The van der Waals surface area contributed by atoms with E-state index in [4.69, 9.17) is 10.5 Å². The second-order valence-electron chi connectivity index (χ2n) is 9.17. The molecular formula is C26H24FN5O3. The van der Waals surface area contributed by atoms with Crippen LogP contribution in [0.2, 0.25) is 0 Å². The van der Waals surface area contributed by atoms with E-state index in [1.165, 1.54) is 0 Å². The number of nitrogens with two attached hydrogens (primary N) is 1. The first kappa shape index (κ1) is 21.5. The lowest BCUT2D eigenvalue weighted by molar-refractivity contribution is -0.120. The van der Waals surface area contributed by atoms with Crippen molar-refractivity contribution in [1.82, 2.24) is 15.3 Å². The molecule has 4 aromatic rings. The molecule has 35 heavy (non-hydrogen) atoms. The van der Waals surface area contributed by atoms with E-state index in [9.17, 15) is 9.90 Å². The van der Waals surface area contributed by atoms with Crippen LogP contribution in [0.25, 0.3) is 32.8 Å². The molecule has 8 nitrogen and oxygen atoms in total. The molecule has 0 aliphatic carbocycles. The number of nitrogens with one attached hydrogen (secondary N) is 1. The van der Waals surface area contributed by atoms with Crippen molar-refractivity contribution in [1.29, 1.82) is 0 Å². The molecule has 178 valence electrons. The van der Waals surface area contributed by atoms with E-state index in [0.717, 1.165) is 36.7 Å². The fraction of sp³-hybridized carbons (Fsp3) is 0.269. The molecule has 9 heteroatoms. The summed E-state index contributed by atoms with van der Waals surface area (Å²) in [6, 6.07) is 14.8. The number of benzene rings is 3. The van der Waals surface area contributed by atoms with Crippen molar-refractivity contribution in [2.24, 2.45) is 5.73 Å². The highest BCUT2D eigenvalue weighted by atomic mass is 19.1. The minimum Gasteiger partial charge on any atom is -0.508 e. The second kappa shape index (κ2) is 8.35. The van der Waals surface area contributed by atoms with Crippen molar-refractivity contribution in [2.75, 3.05) is 24.6 Å². The van der Waals surface area contributed by atoms with Gasteiger partial charge in [-0.05, 0) is 47.4 Å². The monoisotopic (exact) mass is 473 g/mol. The summed E-state index contributed by atoms with van der Waals surface area (Å²) in [4.78, 5) is 22.3. The molecule has 0 radical (unpaired) electrons. The number of hydrogen-bond donors (Lipinski definition) is 3. The van der Waals surface area contributed by atoms with Crippen LogP contribution in [0.15, 0.2) is 48.5 Å². The smallest absolute Gasteiger partial charge is 0.319 e. The van der Waals surface area contributed by atoms with Crippen molar-refractivity contribution in [3.63, 3.8) is 0 Å². The van der Waals surface area contributed by atoms with Gasteiger partial charge in [-0.2, -0.15) is 9.97 Å². The lowest BCUT2D eigenvalue weighted by Gasteiger charge is -2.34.